The van der Waals surface area contributed by atoms with Gasteiger partial charge in [-0.25, -0.2) is 4.68 Å². The summed E-state index contributed by atoms with van der Waals surface area (Å²) in [6, 6.07) is 7.28. The van der Waals surface area contributed by atoms with Crippen molar-refractivity contribution >= 4 is 5.91 Å². The van der Waals surface area contributed by atoms with E-state index in [1.807, 2.05) is 18.7 Å². The summed E-state index contributed by atoms with van der Waals surface area (Å²) in [7, 11) is 0. The number of nitrogens with zero attached hydrogens (tertiary/aromatic N) is 3. The zero-order valence-corrected chi connectivity index (χ0v) is 18.3. The normalized spacial score (nSPS) is 19.9. The Morgan fingerprint density at radius 3 is 2.65 bits per heavy atom. The Morgan fingerprint density at radius 1 is 1.19 bits per heavy atom. The summed E-state index contributed by atoms with van der Waals surface area (Å²) in [6.07, 6.45) is 2.70. The summed E-state index contributed by atoms with van der Waals surface area (Å²) in [5.41, 5.74) is 2.47. The van der Waals surface area contributed by atoms with Crippen LogP contribution in [0.15, 0.2) is 24.3 Å². The van der Waals surface area contributed by atoms with Crippen LogP contribution >= 0.6 is 0 Å². The second-order valence-electron chi connectivity index (χ2n) is 8.75. The van der Waals surface area contributed by atoms with E-state index in [9.17, 15) is 13.6 Å². The SMILES string of the molecule is Cc1nn(-c2cccc(OC(C)(F)F)c2)c(C)c1C(=O)N1CCC(NC2CCCC2)C1. The molecule has 2 aromatic rings. The molecule has 4 rings (SSSR count). The molecule has 0 bridgehead atoms. The second kappa shape index (κ2) is 8.57. The number of hydrogen-bond acceptors (Lipinski definition) is 4. The maximum Gasteiger partial charge on any atom is 0.394 e. The van der Waals surface area contributed by atoms with Crippen LogP contribution < -0.4 is 10.1 Å². The van der Waals surface area contributed by atoms with Gasteiger partial charge in [-0.2, -0.15) is 13.9 Å². The second-order valence-corrected chi connectivity index (χ2v) is 8.75. The molecule has 1 unspecified atom stereocenters. The van der Waals surface area contributed by atoms with Gasteiger partial charge in [0, 0.05) is 38.2 Å². The highest BCUT2D eigenvalue weighted by atomic mass is 19.3. The Hall–Kier alpha value is -2.48. The first kappa shape index (κ1) is 21.7. The van der Waals surface area contributed by atoms with Crippen LogP contribution in [0.2, 0.25) is 0 Å². The van der Waals surface area contributed by atoms with E-state index in [1.54, 1.807) is 16.8 Å². The molecule has 1 aromatic carbocycles. The van der Waals surface area contributed by atoms with Crippen molar-refractivity contribution in [2.45, 2.75) is 71.1 Å². The van der Waals surface area contributed by atoms with Crippen molar-refractivity contribution in [2.24, 2.45) is 0 Å². The fourth-order valence-corrected chi connectivity index (χ4v) is 4.75. The molecule has 1 aliphatic carbocycles. The molecule has 2 fully saturated rings. The number of aryl methyl sites for hydroxylation is 1. The van der Waals surface area contributed by atoms with Gasteiger partial charge < -0.3 is 15.0 Å². The smallest absolute Gasteiger partial charge is 0.394 e. The maximum absolute atomic E-state index is 13.3. The van der Waals surface area contributed by atoms with E-state index in [0.29, 0.717) is 48.2 Å². The van der Waals surface area contributed by atoms with Crippen LogP contribution in [0.4, 0.5) is 8.78 Å². The molecular weight excluding hydrogens is 402 g/mol. The van der Waals surface area contributed by atoms with Crippen LogP contribution in [-0.4, -0.2) is 51.9 Å². The summed E-state index contributed by atoms with van der Waals surface area (Å²) in [5.74, 6) is 0.0234. The zero-order valence-electron chi connectivity index (χ0n) is 18.3. The van der Waals surface area contributed by atoms with E-state index >= 15 is 0 Å². The van der Waals surface area contributed by atoms with Crippen LogP contribution in [-0.2, 0) is 0 Å². The molecule has 1 atom stereocenters. The number of likely N-dealkylation sites (tertiary alicyclic amines) is 1. The number of halogens is 2. The Balaban J connectivity index is 1.50. The lowest BCUT2D eigenvalue weighted by Gasteiger charge is -2.20. The molecule has 2 heterocycles. The highest BCUT2D eigenvalue weighted by molar-refractivity contribution is 5.96. The number of ether oxygens (including phenoxy) is 1. The molecule has 8 heteroatoms. The van der Waals surface area contributed by atoms with Gasteiger partial charge in [-0.05, 0) is 45.2 Å². The Morgan fingerprint density at radius 2 is 1.94 bits per heavy atom. The van der Waals surface area contributed by atoms with Crippen molar-refractivity contribution in [3.8, 4) is 11.4 Å². The third-order valence-electron chi connectivity index (χ3n) is 6.17. The predicted octanol–water partition coefficient (Wildman–Crippen LogP) is 4.23. The average Bonchev–Trinajstić information content (AvgIpc) is 3.42. The summed E-state index contributed by atoms with van der Waals surface area (Å²) in [6.45, 7) is 5.77. The third-order valence-corrected chi connectivity index (χ3v) is 6.17. The molecule has 0 radical (unpaired) electrons. The number of rotatable bonds is 6. The van der Waals surface area contributed by atoms with E-state index in [0.717, 1.165) is 13.0 Å². The molecule has 6 nitrogen and oxygen atoms in total. The highest BCUT2D eigenvalue weighted by Crippen LogP contribution is 2.27. The maximum atomic E-state index is 13.3. The first-order chi connectivity index (χ1) is 14.7. The Kier molecular flexibility index (Phi) is 6.01. The van der Waals surface area contributed by atoms with Crippen LogP contribution in [0.3, 0.4) is 0 Å². The van der Waals surface area contributed by atoms with Crippen molar-refractivity contribution < 1.29 is 18.3 Å². The number of hydrogen-bond donors (Lipinski definition) is 1. The van der Waals surface area contributed by atoms with Crippen LogP contribution in [0, 0.1) is 13.8 Å². The van der Waals surface area contributed by atoms with E-state index < -0.39 is 6.11 Å². The monoisotopic (exact) mass is 432 g/mol. The predicted molar refractivity (Wildman–Crippen MR) is 114 cm³/mol. The van der Waals surface area contributed by atoms with Crippen molar-refractivity contribution in [1.82, 2.24) is 20.0 Å². The summed E-state index contributed by atoms with van der Waals surface area (Å²) >= 11 is 0. The van der Waals surface area contributed by atoms with Gasteiger partial charge in [-0.3, -0.25) is 4.79 Å². The number of benzene rings is 1. The number of aromatic nitrogens is 2. The van der Waals surface area contributed by atoms with Crippen LogP contribution in [0.5, 0.6) is 5.75 Å². The van der Waals surface area contributed by atoms with E-state index in [-0.39, 0.29) is 11.7 Å². The molecule has 1 saturated heterocycles. The van der Waals surface area contributed by atoms with E-state index in [1.165, 1.54) is 37.8 Å². The fraction of sp³-hybridized carbons (Fsp3) is 0.565. The standard InChI is InChI=1S/C23H30F2N4O2/c1-15-21(22(30)28-12-11-18(14-28)26-17-7-4-5-8-17)16(2)29(27-15)19-9-6-10-20(13-19)31-23(3,24)25/h6,9-10,13,17-18,26H,4-5,7-8,11-12,14H2,1-3H3. The molecule has 1 N–H and O–H groups in total. The lowest BCUT2D eigenvalue weighted by Crippen LogP contribution is -2.39. The van der Waals surface area contributed by atoms with Gasteiger partial charge in [0.05, 0.1) is 22.6 Å². The van der Waals surface area contributed by atoms with Crippen molar-refractivity contribution in [2.75, 3.05) is 13.1 Å². The minimum atomic E-state index is -3.27. The number of carbonyl (C=O) groups is 1. The molecule has 31 heavy (non-hydrogen) atoms. The van der Waals surface area contributed by atoms with Crippen LogP contribution in [0.1, 0.15) is 60.8 Å². The number of nitrogens with one attached hydrogen (secondary N) is 1. The van der Waals surface area contributed by atoms with Gasteiger partial charge in [-0.1, -0.05) is 18.9 Å². The Labute approximate surface area is 181 Å². The lowest BCUT2D eigenvalue weighted by atomic mass is 10.1. The minimum absolute atomic E-state index is 0.0236. The topological polar surface area (TPSA) is 59.4 Å². The van der Waals surface area contributed by atoms with E-state index in [4.69, 9.17) is 0 Å². The molecular formula is C23H30F2N4O2. The summed E-state index contributed by atoms with van der Waals surface area (Å²) in [5, 5.41) is 8.23. The van der Waals surface area contributed by atoms with Crippen molar-refractivity contribution in [3.05, 3.63) is 41.2 Å². The molecule has 0 spiro atoms. The molecule has 1 aromatic heterocycles. The van der Waals surface area contributed by atoms with Crippen molar-refractivity contribution in [3.63, 3.8) is 0 Å². The lowest BCUT2D eigenvalue weighted by molar-refractivity contribution is -0.158. The third kappa shape index (κ3) is 4.89. The van der Waals surface area contributed by atoms with Gasteiger partial charge in [0.1, 0.15) is 5.75 Å². The highest BCUT2D eigenvalue weighted by Gasteiger charge is 2.32. The first-order valence-corrected chi connectivity index (χ1v) is 11.0. The Bertz CT molecular complexity index is 948. The fourth-order valence-electron chi connectivity index (χ4n) is 4.75. The number of amides is 1. The first-order valence-electron chi connectivity index (χ1n) is 11.0. The molecule has 2 aliphatic rings. The number of carbonyl (C=O) groups excluding carboxylic acids is 1. The minimum Gasteiger partial charge on any atom is -0.433 e. The van der Waals surface area contributed by atoms with Gasteiger partial charge in [0.2, 0.25) is 0 Å². The zero-order chi connectivity index (χ0) is 22.2. The number of alkyl halides is 2. The van der Waals surface area contributed by atoms with Crippen LogP contribution in [0.25, 0.3) is 5.69 Å². The van der Waals surface area contributed by atoms with Gasteiger partial charge in [0.25, 0.3) is 5.91 Å². The molecule has 168 valence electrons. The largest absolute Gasteiger partial charge is 0.433 e. The van der Waals surface area contributed by atoms with Gasteiger partial charge >= 0.3 is 6.11 Å². The summed E-state index contributed by atoms with van der Waals surface area (Å²) in [4.78, 5) is 15.2. The van der Waals surface area contributed by atoms with Crippen molar-refractivity contribution in [1.29, 1.82) is 0 Å². The molecule has 1 aliphatic heterocycles. The average molecular weight is 433 g/mol. The van der Waals surface area contributed by atoms with Gasteiger partial charge in [-0.15, -0.1) is 0 Å². The van der Waals surface area contributed by atoms with E-state index in [2.05, 4.69) is 15.2 Å². The molecule has 1 saturated carbocycles. The summed E-state index contributed by atoms with van der Waals surface area (Å²) < 4.78 is 32.8. The quantitative estimate of drug-likeness (QED) is 0.742. The molecule has 1 amide bonds. The van der Waals surface area contributed by atoms with Gasteiger partial charge in [0.15, 0.2) is 0 Å².